The number of piperidine rings is 1. The van der Waals surface area contributed by atoms with Gasteiger partial charge in [-0.1, -0.05) is 60.2 Å². The predicted molar refractivity (Wildman–Crippen MR) is 132 cm³/mol. The molecule has 2 aromatic carbocycles. The molecule has 2 amide bonds. The van der Waals surface area contributed by atoms with Gasteiger partial charge in [-0.3, -0.25) is 9.59 Å². The van der Waals surface area contributed by atoms with Gasteiger partial charge < -0.3 is 15.1 Å². The zero-order valence-corrected chi connectivity index (χ0v) is 19.8. The van der Waals surface area contributed by atoms with Crippen LogP contribution < -0.4 is 5.32 Å². The third kappa shape index (κ3) is 6.67. The molecule has 1 atom stereocenters. The van der Waals surface area contributed by atoms with E-state index in [0.717, 1.165) is 37.5 Å². The summed E-state index contributed by atoms with van der Waals surface area (Å²) in [6.07, 6.45) is 5.71. The van der Waals surface area contributed by atoms with E-state index < -0.39 is 0 Å². The number of rotatable bonds is 9. The van der Waals surface area contributed by atoms with Gasteiger partial charge in [-0.15, -0.1) is 0 Å². The summed E-state index contributed by atoms with van der Waals surface area (Å²) in [6.45, 7) is 6.55. The Morgan fingerprint density at radius 3 is 2.42 bits per heavy atom. The van der Waals surface area contributed by atoms with Crippen molar-refractivity contribution >= 4 is 11.8 Å². The highest BCUT2D eigenvalue weighted by atomic mass is 16.2. The predicted octanol–water partition coefficient (Wildman–Crippen LogP) is 3.95. The molecular formula is C28H37N3O2. The monoisotopic (exact) mass is 447 g/mol. The van der Waals surface area contributed by atoms with Gasteiger partial charge in [0.25, 0.3) is 0 Å². The molecule has 33 heavy (non-hydrogen) atoms. The maximum Gasteiger partial charge on any atom is 0.242 e. The molecule has 4 rings (SSSR count). The number of carbonyl (C=O) groups is 2. The van der Waals surface area contributed by atoms with Crippen molar-refractivity contribution in [3.05, 3.63) is 71.3 Å². The maximum atomic E-state index is 12.8. The molecule has 1 N–H and O–H groups in total. The first-order valence-corrected chi connectivity index (χ1v) is 12.5. The van der Waals surface area contributed by atoms with Gasteiger partial charge in [0.15, 0.2) is 0 Å². The van der Waals surface area contributed by atoms with E-state index >= 15 is 0 Å². The summed E-state index contributed by atoms with van der Waals surface area (Å²) < 4.78 is 0. The quantitative estimate of drug-likeness (QED) is 0.593. The minimum absolute atomic E-state index is 0.00506. The minimum Gasteiger partial charge on any atom is -0.354 e. The fourth-order valence-electron chi connectivity index (χ4n) is 5.09. The van der Waals surface area contributed by atoms with Gasteiger partial charge in [0.1, 0.15) is 6.04 Å². The lowest BCUT2D eigenvalue weighted by Crippen LogP contribution is -2.45. The van der Waals surface area contributed by atoms with Gasteiger partial charge in [0, 0.05) is 19.5 Å². The molecule has 2 aromatic rings. The molecule has 2 aliphatic rings. The van der Waals surface area contributed by atoms with Gasteiger partial charge in [0.05, 0.1) is 0 Å². The van der Waals surface area contributed by atoms with Crippen molar-refractivity contribution in [3.8, 4) is 0 Å². The van der Waals surface area contributed by atoms with Crippen LogP contribution in [0.5, 0.6) is 0 Å². The fraction of sp³-hybridized carbons (Fsp3) is 0.500. The van der Waals surface area contributed by atoms with Gasteiger partial charge in [-0.2, -0.15) is 0 Å². The summed E-state index contributed by atoms with van der Waals surface area (Å²) in [5.41, 5.74) is 3.71. The topological polar surface area (TPSA) is 52.7 Å². The van der Waals surface area contributed by atoms with Crippen LogP contribution in [0.2, 0.25) is 0 Å². The highest BCUT2D eigenvalue weighted by Crippen LogP contribution is 2.23. The second-order valence-corrected chi connectivity index (χ2v) is 9.68. The van der Waals surface area contributed by atoms with Gasteiger partial charge >= 0.3 is 0 Å². The van der Waals surface area contributed by atoms with Crippen LogP contribution in [-0.4, -0.2) is 53.8 Å². The average molecular weight is 448 g/mol. The molecule has 2 fully saturated rings. The SMILES string of the molecule is Cc1ccc(CN2C(=O)CC[C@@H]2C(=O)NCCCN2CCC(Cc3ccccc3)CC2)cc1. The van der Waals surface area contributed by atoms with Crippen LogP contribution in [0.3, 0.4) is 0 Å². The zero-order chi connectivity index (χ0) is 23.0. The van der Waals surface area contributed by atoms with Crippen molar-refractivity contribution in [1.82, 2.24) is 15.1 Å². The Hall–Kier alpha value is -2.66. The average Bonchev–Trinajstić information content (AvgIpc) is 3.20. The summed E-state index contributed by atoms with van der Waals surface area (Å²) in [5.74, 6) is 0.853. The molecule has 5 heteroatoms. The molecule has 176 valence electrons. The smallest absolute Gasteiger partial charge is 0.242 e. The molecule has 0 radical (unpaired) electrons. The van der Waals surface area contributed by atoms with Gasteiger partial charge in [-0.05, 0) is 75.7 Å². The van der Waals surface area contributed by atoms with E-state index in [2.05, 4.69) is 52.7 Å². The van der Waals surface area contributed by atoms with Crippen LogP contribution in [0.4, 0.5) is 0 Å². The van der Waals surface area contributed by atoms with E-state index in [1.54, 1.807) is 4.90 Å². The van der Waals surface area contributed by atoms with Crippen LogP contribution in [0, 0.1) is 12.8 Å². The van der Waals surface area contributed by atoms with Crippen molar-refractivity contribution in [2.45, 2.75) is 58.0 Å². The van der Waals surface area contributed by atoms with Crippen LogP contribution in [0.1, 0.15) is 48.8 Å². The minimum atomic E-state index is -0.340. The van der Waals surface area contributed by atoms with Crippen molar-refractivity contribution in [2.75, 3.05) is 26.2 Å². The number of nitrogens with zero attached hydrogens (tertiary/aromatic N) is 2. The highest BCUT2D eigenvalue weighted by molar-refractivity contribution is 5.90. The standard InChI is InChI=1S/C28H37N3O2/c1-22-8-10-25(11-9-22)21-31-26(12-13-27(31)32)28(33)29-16-5-17-30-18-14-24(15-19-30)20-23-6-3-2-4-7-23/h2-4,6-11,24,26H,5,12-21H2,1H3,(H,29,33)/t26-/m1/s1. The van der Waals surface area contributed by atoms with E-state index in [4.69, 9.17) is 0 Å². The number of likely N-dealkylation sites (tertiary alicyclic amines) is 2. The maximum absolute atomic E-state index is 12.8. The Kier molecular flexibility index (Phi) is 8.16. The summed E-state index contributed by atoms with van der Waals surface area (Å²) >= 11 is 0. The van der Waals surface area contributed by atoms with Crippen molar-refractivity contribution in [1.29, 1.82) is 0 Å². The lowest BCUT2D eigenvalue weighted by atomic mass is 9.90. The lowest BCUT2D eigenvalue weighted by molar-refractivity contribution is -0.135. The summed E-state index contributed by atoms with van der Waals surface area (Å²) in [5, 5.41) is 3.09. The largest absolute Gasteiger partial charge is 0.354 e. The molecular weight excluding hydrogens is 410 g/mol. The van der Waals surface area contributed by atoms with E-state index in [1.165, 1.54) is 30.4 Å². The molecule has 2 heterocycles. The van der Waals surface area contributed by atoms with Crippen molar-refractivity contribution in [3.63, 3.8) is 0 Å². The number of amides is 2. The summed E-state index contributed by atoms with van der Waals surface area (Å²) in [6, 6.07) is 18.6. The molecule has 0 aromatic heterocycles. The zero-order valence-electron chi connectivity index (χ0n) is 19.8. The third-order valence-electron chi connectivity index (χ3n) is 7.13. The molecule has 0 saturated carbocycles. The lowest BCUT2D eigenvalue weighted by Gasteiger charge is -2.32. The normalized spacial score (nSPS) is 19.7. The first-order chi connectivity index (χ1) is 16.1. The Morgan fingerprint density at radius 2 is 1.70 bits per heavy atom. The Bertz CT molecular complexity index is 904. The number of nitrogens with one attached hydrogen (secondary N) is 1. The summed E-state index contributed by atoms with van der Waals surface area (Å²) in [4.78, 5) is 29.4. The molecule has 0 bridgehead atoms. The number of benzene rings is 2. The first kappa shape index (κ1) is 23.5. The van der Waals surface area contributed by atoms with E-state index in [-0.39, 0.29) is 17.9 Å². The second kappa shape index (κ2) is 11.5. The Morgan fingerprint density at radius 1 is 0.970 bits per heavy atom. The van der Waals surface area contributed by atoms with Crippen LogP contribution in [0.15, 0.2) is 54.6 Å². The fourth-order valence-corrected chi connectivity index (χ4v) is 5.09. The molecule has 0 spiro atoms. The molecule has 5 nitrogen and oxygen atoms in total. The molecule has 0 unspecified atom stereocenters. The molecule has 0 aliphatic carbocycles. The Labute approximate surface area is 198 Å². The molecule has 2 saturated heterocycles. The molecule has 2 aliphatic heterocycles. The number of hydrogen-bond acceptors (Lipinski definition) is 3. The van der Waals surface area contributed by atoms with E-state index in [9.17, 15) is 9.59 Å². The van der Waals surface area contributed by atoms with Crippen LogP contribution in [-0.2, 0) is 22.6 Å². The van der Waals surface area contributed by atoms with Crippen LogP contribution in [0.25, 0.3) is 0 Å². The number of aryl methyl sites for hydroxylation is 1. The summed E-state index contributed by atoms with van der Waals surface area (Å²) in [7, 11) is 0. The number of carbonyl (C=O) groups excluding carboxylic acids is 2. The van der Waals surface area contributed by atoms with E-state index in [0.29, 0.717) is 25.9 Å². The second-order valence-electron chi connectivity index (χ2n) is 9.68. The number of hydrogen-bond donors (Lipinski definition) is 1. The van der Waals surface area contributed by atoms with Crippen LogP contribution >= 0.6 is 0 Å². The third-order valence-corrected chi connectivity index (χ3v) is 7.13. The Balaban J connectivity index is 1.15. The van der Waals surface area contributed by atoms with Crippen molar-refractivity contribution < 1.29 is 9.59 Å². The van der Waals surface area contributed by atoms with Gasteiger partial charge in [-0.25, -0.2) is 0 Å². The van der Waals surface area contributed by atoms with E-state index in [1.807, 2.05) is 19.1 Å². The van der Waals surface area contributed by atoms with Gasteiger partial charge in [0.2, 0.25) is 11.8 Å². The highest BCUT2D eigenvalue weighted by Gasteiger charge is 2.35. The van der Waals surface area contributed by atoms with Crippen molar-refractivity contribution in [2.24, 2.45) is 5.92 Å². The first-order valence-electron chi connectivity index (χ1n) is 12.5.